The number of aliphatic hydroxyl groups excluding tert-OH is 1. The summed E-state index contributed by atoms with van der Waals surface area (Å²) < 4.78 is 31.0. The molecule has 1 aliphatic rings. The Kier molecular flexibility index (Phi) is 4.21. The molecule has 1 unspecified atom stereocenters. The van der Waals surface area contributed by atoms with Crippen LogP contribution in [0.15, 0.2) is 16.3 Å². The van der Waals surface area contributed by atoms with Crippen LogP contribution in [0.2, 0.25) is 0 Å². The van der Waals surface area contributed by atoms with Gasteiger partial charge >= 0.3 is 5.97 Å². The van der Waals surface area contributed by atoms with Crippen molar-refractivity contribution in [2.75, 3.05) is 26.4 Å². The minimum Gasteiger partial charge on any atom is -0.477 e. The third-order valence-electron chi connectivity index (χ3n) is 2.74. The van der Waals surface area contributed by atoms with Crippen LogP contribution in [0.5, 0.6) is 0 Å². The Morgan fingerprint density at radius 3 is 2.84 bits per heavy atom. The summed E-state index contributed by atoms with van der Waals surface area (Å²) in [6.07, 6.45) is 0. The first kappa shape index (κ1) is 14.4. The minimum absolute atomic E-state index is 0.0348. The predicted octanol–water partition coefficient (Wildman–Crippen LogP) is -0.172. The van der Waals surface area contributed by atoms with Crippen molar-refractivity contribution >= 4 is 27.3 Å². The number of carbonyl (C=O) groups is 1. The summed E-state index contributed by atoms with van der Waals surface area (Å²) in [4.78, 5) is 10.7. The summed E-state index contributed by atoms with van der Waals surface area (Å²) in [5.41, 5.74) is 0. The summed E-state index contributed by atoms with van der Waals surface area (Å²) in [5.74, 6) is -1.16. The molecule has 106 valence electrons. The first-order chi connectivity index (χ1) is 8.96. The van der Waals surface area contributed by atoms with Crippen molar-refractivity contribution in [1.82, 2.24) is 4.31 Å². The Balaban J connectivity index is 2.32. The van der Waals surface area contributed by atoms with Gasteiger partial charge in [0.1, 0.15) is 9.09 Å². The molecule has 1 aromatic rings. The van der Waals surface area contributed by atoms with Gasteiger partial charge in [-0.2, -0.15) is 4.31 Å². The lowest BCUT2D eigenvalue weighted by Gasteiger charge is -2.32. The molecule has 0 spiro atoms. The number of hydrogen-bond donors (Lipinski definition) is 2. The van der Waals surface area contributed by atoms with Crippen LogP contribution >= 0.6 is 11.3 Å². The first-order valence-corrected chi connectivity index (χ1v) is 7.76. The maximum Gasteiger partial charge on any atom is 0.345 e. The smallest absolute Gasteiger partial charge is 0.345 e. The van der Waals surface area contributed by atoms with E-state index in [0.29, 0.717) is 11.3 Å². The fourth-order valence-electron chi connectivity index (χ4n) is 1.79. The third-order valence-corrected chi connectivity index (χ3v) is 6.23. The highest BCUT2D eigenvalue weighted by atomic mass is 32.2. The Hall–Kier alpha value is -1.00. The van der Waals surface area contributed by atoms with E-state index in [9.17, 15) is 18.3 Å². The summed E-state index contributed by atoms with van der Waals surface area (Å²) in [5, 5.41) is 18.0. The highest BCUT2D eigenvalue weighted by Gasteiger charge is 2.34. The van der Waals surface area contributed by atoms with E-state index < -0.39 is 22.0 Å². The summed E-state index contributed by atoms with van der Waals surface area (Å²) >= 11 is 0.702. The zero-order valence-corrected chi connectivity index (χ0v) is 11.5. The van der Waals surface area contributed by atoms with Crippen molar-refractivity contribution in [1.29, 1.82) is 0 Å². The molecule has 1 aliphatic heterocycles. The molecular formula is C10H13NO6S2. The first-order valence-electron chi connectivity index (χ1n) is 5.50. The Labute approximate surface area is 114 Å². The molecule has 1 aromatic heterocycles. The minimum atomic E-state index is -3.79. The van der Waals surface area contributed by atoms with Gasteiger partial charge in [-0.15, -0.1) is 11.3 Å². The number of sulfonamides is 1. The molecule has 7 nitrogen and oxygen atoms in total. The number of aromatic carboxylic acids is 1. The van der Waals surface area contributed by atoms with Crippen LogP contribution in [0, 0.1) is 0 Å². The van der Waals surface area contributed by atoms with Crippen molar-refractivity contribution in [2.45, 2.75) is 10.3 Å². The van der Waals surface area contributed by atoms with Gasteiger partial charge in [-0.25, -0.2) is 13.2 Å². The van der Waals surface area contributed by atoms with E-state index >= 15 is 0 Å². The molecule has 1 saturated heterocycles. The largest absolute Gasteiger partial charge is 0.477 e. The Bertz CT molecular complexity index is 566. The predicted molar refractivity (Wildman–Crippen MR) is 66.9 cm³/mol. The topological polar surface area (TPSA) is 104 Å². The molecule has 1 atom stereocenters. The molecule has 2 rings (SSSR count). The highest BCUT2D eigenvalue weighted by molar-refractivity contribution is 7.91. The van der Waals surface area contributed by atoms with Crippen molar-refractivity contribution in [3.63, 3.8) is 0 Å². The molecule has 1 fully saturated rings. The molecule has 0 bridgehead atoms. The summed E-state index contributed by atoms with van der Waals surface area (Å²) in [6, 6.07) is 1.90. The van der Waals surface area contributed by atoms with Gasteiger partial charge in [0.25, 0.3) is 10.0 Å². The monoisotopic (exact) mass is 307 g/mol. The lowest BCUT2D eigenvalue weighted by Crippen LogP contribution is -2.50. The van der Waals surface area contributed by atoms with E-state index in [1.165, 1.54) is 12.1 Å². The average Bonchev–Trinajstić information content (AvgIpc) is 2.89. The van der Waals surface area contributed by atoms with Gasteiger partial charge in [-0.1, -0.05) is 0 Å². The maximum absolute atomic E-state index is 12.4. The second-order valence-electron chi connectivity index (χ2n) is 3.95. The Morgan fingerprint density at radius 1 is 1.53 bits per heavy atom. The number of ether oxygens (including phenoxy) is 1. The van der Waals surface area contributed by atoms with E-state index in [0.717, 1.165) is 4.31 Å². The highest BCUT2D eigenvalue weighted by Crippen LogP contribution is 2.27. The standard InChI is InChI=1S/C10H13NO6S2/c12-5-7-6-17-4-3-11(7)19(15,16)9-2-1-8(18-9)10(13)14/h1-2,7,12H,3-6H2,(H,13,14). The number of rotatable bonds is 4. The zero-order valence-electron chi connectivity index (χ0n) is 9.85. The van der Waals surface area contributed by atoms with Gasteiger partial charge < -0.3 is 14.9 Å². The summed E-state index contributed by atoms with van der Waals surface area (Å²) in [6.45, 7) is 0.198. The van der Waals surface area contributed by atoms with Gasteiger partial charge in [0.05, 0.1) is 25.9 Å². The number of aliphatic hydroxyl groups is 1. The molecule has 0 saturated carbocycles. The molecule has 2 N–H and O–H groups in total. The van der Waals surface area contributed by atoms with Crippen molar-refractivity contribution in [2.24, 2.45) is 0 Å². The van der Waals surface area contributed by atoms with Crippen molar-refractivity contribution < 1.29 is 28.2 Å². The van der Waals surface area contributed by atoms with E-state index in [-0.39, 0.29) is 35.5 Å². The van der Waals surface area contributed by atoms with Crippen LogP contribution in [-0.4, -0.2) is 61.3 Å². The molecule has 9 heteroatoms. The number of carboxylic acids is 1. The lowest BCUT2D eigenvalue weighted by molar-refractivity contribution is 0.0110. The van der Waals surface area contributed by atoms with E-state index in [1.807, 2.05) is 0 Å². The molecule has 0 aromatic carbocycles. The molecule has 0 amide bonds. The number of thiophene rings is 1. The number of hydrogen-bond acceptors (Lipinski definition) is 6. The number of carboxylic acid groups (broad SMARTS) is 1. The maximum atomic E-state index is 12.4. The van der Waals surface area contributed by atoms with E-state index in [1.54, 1.807) is 0 Å². The molecule has 2 heterocycles. The normalized spacial score (nSPS) is 21.4. The summed E-state index contributed by atoms with van der Waals surface area (Å²) in [7, 11) is -3.79. The number of nitrogens with zero attached hydrogens (tertiary/aromatic N) is 1. The fourth-order valence-corrected chi connectivity index (χ4v) is 4.65. The van der Waals surface area contributed by atoms with E-state index in [2.05, 4.69) is 0 Å². The molecular weight excluding hydrogens is 294 g/mol. The third kappa shape index (κ3) is 2.79. The molecule has 19 heavy (non-hydrogen) atoms. The van der Waals surface area contributed by atoms with Crippen LogP contribution in [0.3, 0.4) is 0 Å². The van der Waals surface area contributed by atoms with Gasteiger partial charge in [-0.05, 0) is 12.1 Å². The molecule has 0 radical (unpaired) electrons. The van der Waals surface area contributed by atoms with E-state index in [4.69, 9.17) is 9.84 Å². The number of morpholine rings is 1. The van der Waals surface area contributed by atoms with Gasteiger partial charge in [0.15, 0.2) is 0 Å². The van der Waals surface area contributed by atoms with Crippen LogP contribution in [-0.2, 0) is 14.8 Å². The van der Waals surface area contributed by atoms with Crippen molar-refractivity contribution in [3.8, 4) is 0 Å². The van der Waals surface area contributed by atoms with Crippen molar-refractivity contribution in [3.05, 3.63) is 17.0 Å². The van der Waals surface area contributed by atoms with Crippen LogP contribution in [0.4, 0.5) is 0 Å². The van der Waals surface area contributed by atoms with Crippen LogP contribution in [0.25, 0.3) is 0 Å². The fraction of sp³-hybridized carbons (Fsp3) is 0.500. The van der Waals surface area contributed by atoms with Gasteiger partial charge in [0, 0.05) is 6.54 Å². The SMILES string of the molecule is O=C(O)c1ccc(S(=O)(=O)N2CCOCC2CO)s1. The quantitative estimate of drug-likeness (QED) is 0.800. The second kappa shape index (κ2) is 5.55. The Morgan fingerprint density at radius 2 is 2.26 bits per heavy atom. The van der Waals surface area contributed by atoms with Crippen LogP contribution < -0.4 is 0 Å². The van der Waals surface area contributed by atoms with Gasteiger partial charge in [0.2, 0.25) is 0 Å². The second-order valence-corrected chi connectivity index (χ2v) is 7.15. The lowest BCUT2D eigenvalue weighted by atomic mass is 10.3. The molecule has 0 aliphatic carbocycles. The zero-order chi connectivity index (χ0) is 14.0. The average molecular weight is 307 g/mol. The van der Waals surface area contributed by atoms with Crippen LogP contribution in [0.1, 0.15) is 9.67 Å². The van der Waals surface area contributed by atoms with Gasteiger partial charge in [-0.3, -0.25) is 0 Å².